The quantitative estimate of drug-likeness (QED) is 0.320. The van der Waals surface area contributed by atoms with E-state index in [-0.39, 0.29) is 11.6 Å². The smallest absolute Gasteiger partial charge is 0.196 e. The standard InChI is InChI=1S/C23H19FN4OS/c1-15-3-9-20(10-4-15)28-22(18-11-13-25-14-12-18)26-27-23(28)30-16(2)21(29)17-5-7-19(24)8-6-17/h3-14,16H,1-2H3. The Balaban J connectivity index is 1.71. The molecule has 0 spiro atoms. The van der Waals surface area contributed by atoms with Gasteiger partial charge < -0.3 is 0 Å². The van der Waals surface area contributed by atoms with Gasteiger partial charge in [0.15, 0.2) is 16.8 Å². The zero-order valence-electron chi connectivity index (χ0n) is 16.5. The number of halogens is 1. The van der Waals surface area contributed by atoms with Crippen LogP contribution in [0, 0.1) is 12.7 Å². The molecular formula is C23H19FN4OS. The number of benzene rings is 2. The van der Waals surface area contributed by atoms with Crippen LogP contribution in [0.1, 0.15) is 22.8 Å². The van der Waals surface area contributed by atoms with Crippen molar-refractivity contribution in [2.45, 2.75) is 24.3 Å². The van der Waals surface area contributed by atoms with Crippen LogP contribution >= 0.6 is 11.8 Å². The Morgan fingerprint density at radius 2 is 1.63 bits per heavy atom. The van der Waals surface area contributed by atoms with Crippen molar-refractivity contribution in [3.8, 4) is 17.1 Å². The maximum absolute atomic E-state index is 13.2. The third kappa shape index (κ3) is 4.16. The van der Waals surface area contributed by atoms with Gasteiger partial charge in [0, 0.05) is 29.2 Å². The number of aryl methyl sites for hydroxylation is 1. The molecule has 0 fully saturated rings. The molecule has 2 aromatic carbocycles. The molecule has 0 saturated carbocycles. The third-order valence-corrected chi connectivity index (χ3v) is 5.69. The van der Waals surface area contributed by atoms with Crippen LogP contribution in [0.25, 0.3) is 17.1 Å². The van der Waals surface area contributed by atoms with Crippen LogP contribution in [0.5, 0.6) is 0 Å². The lowest BCUT2D eigenvalue weighted by Crippen LogP contribution is -2.14. The Kier molecular flexibility index (Phi) is 5.72. The maximum Gasteiger partial charge on any atom is 0.196 e. The summed E-state index contributed by atoms with van der Waals surface area (Å²) in [5.74, 6) is 0.210. The highest BCUT2D eigenvalue weighted by Crippen LogP contribution is 2.31. The van der Waals surface area contributed by atoms with E-state index in [0.717, 1.165) is 16.8 Å². The molecule has 1 unspecified atom stereocenters. The summed E-state index contributed by atoms with van der Waals surface area (Å²) >= 11 is 1.32. The molecule has 150 valence electrons. The first-order chi connectivity index (χ1) is 14.5. The van der Waals surface area contributed by atoms with E-state index in [4.69, 9.17) is 0 Å². The van der Waals surface area contributed by atoms with E-state index >= 15 is 0 Å². The van der Waals surface area contributed by atoms with Crippen LogP contribution in [-0.4, -0.2) is 30.8 Å². The SMILES string of the molecule is Cc1ccc(-n2c(SC(C)C(=O)c3ccc(F)cc3)nnc2-c2ccncc2)cc1. The minimum atomic E-state index is -0.422. The summed E-state index contributed by atoms with van der Waals surface area (Å²) in [5.41, 5.74) is 3.39. The summed E-state index contributed by atoms with van der Waals surface area (Å²) < 4.78 is 15.1. The van der Waals surface area contributed by atoms with Crippen LogP contribution in [0.4, 0.5) is 4.39 Å². The maximum atomic E-state index is 13.2. The number of rotatable bonds is 6. The fraction of sp³-hybridized carbons (Fsp3) is 0.130. The summed E-state index contributed by atoms with van der Waals surface area (Å²) in [6, 6.07) is 17.4. The number of nitrogens with zero attached hydrogens (tertiary/aromatic N) is 4. The van der Waals surface area contributed by atoms with Gasteiger partial charge in [0.2, 0.25) is 0 Å². The van der Waals surface area contributed by atoms with E-state index in [0.29, 0.717) is 16.5 Å². The van der Waals surface area contributed by atoms with E-state index in [1.807, 2.05) is 54.8 Å². The monoisotopic (exact) mass is 418 g/mol. The molecule has 0 amide bonds. The second-order valence-corrected chi connectivity index (χ2v) is 8.15. The lowest BCUT2D eigenvalue weighted by Gasteiger charge is -2.13. The lowest BCUT2D eigenvalue weighted by molar-refractivity contribution is 0.0994. The van der Waals surface area contributed by atoms with Crippen molar-refractivity contribution < 1.29 is 9.18 Å². The zero-order valence-corrected chi connectivity index (χ0v) is 17.3. The molecule has 30 heavy (non-hydrogen) atoms. The van der Waals surface area contributed by atoms with Crippen LogP contribution in [0.15, 0.2) is 78.2 Å². The fourth-order valence-electron chi connectivity index (χ4n) is 3.02. The summed E-state index contributed by atoms with van der Waals surface area (Å²) in [7, 11) is 0. The predicted octanol–water partition coefficient (Wildman–Crippen LogP) is 5.14. The molecule has 4 rings (SSSR count). The molecule has 2 aromatic heterocycles. The van der Waals surface area contributed by atoms with Crippen molar-refractivity contribution in [1.82, 2.24) is 19.7 Å². The number of ketones is 1. The molecule has 0 saturated heterocycles. The summed E-state index contributed by atoms with van der Waals surface area (Å²) in [4.78, 5) is 16.9. The van der Waals surface area contributed by atoms with Gasteiger partial charge >= 0.3 is 0 Å². The van der Waals surface area contributed by atoms with Crippen molar-refractivity contribution in [3.05, 3.63) is 90.0 Å². The van der Waals surface area contributed by atoms with Crippen LogP contribution < -0.4 is 0 Å². The Hall–Kier alpha value is -3.32. The lowest BCUT2D eigenvalue weighted by atomic mass is 10.1. The first kappa shape index (κ1) is 20.0. The minimum Gasteiger partial charge on any atom is -0.293 e. The number of aromatic nitrogens is 4. The molecule has 0 N–H and O–H groups in total. The van der Waals surface area contributed by atoms with E-state index in [1.165, 1.54) is 36.0 Å². The van der Waals surface area contributed by atoms with Crippen molar-refractivity contribution in [3.63, 3.8) is 0 Å². The molecule has 0 bridgehead atoms. The summed E-state index contributed by atoms with van der Waals surface area (Å²) in [6.07, 6.45) is 3.41. The fourth-order valence-corrected chi connectivity index (χ4v) is 3.97. The largest absolute Gasteiger partial charge is 0.293 e. The van der Waals surface area contributed by atoms with Crippen LogP contribution in [-0.2, 0) is 0 Å². The number of hydrogen-bond acceptors (Lipinski definition) is 5. The molecule has 0 aliphatic rings. The number of carbonyl (C=O) groups is 1. The predicted molar refractivity (Wildman–Crippen MR) is 115 cm³/mol. The second kappa shape index (κ2) is 8.59. The molecular weight excluding hydrogens is 399 g/mol. The number of carbonyl (C=O) groups excluding carboxylic acids is 1. The van der Waals surface area contributed by atoms with Gasteiger partial charge in [-0.2, -0.15) is 0 Å². The number of pyridine rings is 1. The Bertz CT molecular complexity index is 1160. The van der Waals surface area contributed by atoms with Gasteiger partial charge in [0.05, 0.1) is 5.25 Å². The van der Waals surface area contributed by atoms with E-state index < -0.39 is 5.25 Å². The number of hydrogen-bond donors (Lipinski definition) is 0. The third-order valence-electron chi connectivity index (χ3n) is 4.64. The molecule has 5 nitrogen and oxygen atoms in total. The highest BCUT2D eigenvalue weighted by Gasteiger charge is 2.22. The van der Waals surface area contributed by atoms with Crippen LogP contribution in [0.3, 0.4) is 0 Å². The topological polar surface area (TPSA) is 60.7 Å². The van der Waals surface area contributed by atoms with Crippen molar-refractivity contribution in [2.75, 3.05) is 0 Å². The van der Waals surface area contributed by atoms with E-state index in [1.54, 1.807) is 12.4 Å². The van der Waals surface area contributed by atoms with Gasteiger partial charge in [0.25, 0.3) is 0 Å². The first-order valence-electron chi connectivity index (χ1n) is 9.42. The first-order valence-corrected chi connectivity index (χ1v) is 10.3. The van der Waals surface area contributed by atoms with Gasteiger partial charge in [-0.1, -0.05) is 29.5 Å². The van der Waals surface area contributed by atoms with Crippen molar-refractivity contribution in [1.29, 1.82) is 0 Å². The Morgan fingerprint density at radius 3 is 2.30 bits per heavy atom. The molecule has 0 aliphatic heterocycles. The van der Waals surface area contributed by atoms with Crippen molar-refractivity contribution in [2.24, 2.45) is 0 Å². The van der Waals surface area contributed by atoms with Crippen LogP contribution in [0.2, 0.25) is 0 Å². The molecule has 7 heteroatoms. The average molecular weight is 418 g/mol. The molecule has 0 aliphatic carbocycles. The van der Waals surface area contributed by atoms with E-state index in [9.17, 15) is 9.18 Å². The van der Waals surface area contributed by atoms with Crippen molar-refractivity contribution >= 4 is 17.5 Å². The summed E-state index contributed by atoms with van der Waals surface area (Å²) in [5, 5.41) is 8.93. The van der Waals surface area contributed by atoms with Gasteiger partial charge in [-0.3, -0.25) is 14.3 Å². The Morgan fingerprint density at radius 1 is 0.967 bits per heavy atom. The van der Waals surface area contributed by atoms with Gasteiger partial charge in [-0.25, -0.2) is 4.39 Å². The number of Topliss-reactive ketones (excluding diaryl/α,β-unsaturated/α-hetero) is 1. The zero-order chi connectivity index (χ0) is 21.1. The highest BCUT2D eigenvalue weighted by molar-refractivity contribution is 8.00. The average Bonchev–Trinajstić information content (AvgIpc) is 3.18. The molecule has 4 aromatic rings. The molecule has 2 heterocycles. The number of thioether (sulfide) groups is 1. The van der Waals surface area contributed by atoms with Gasteiger partial charge in [-0.05, 0) is 62.4 Å². The minimum absolute atomic E-state index is 0.0936. The second-order valence-electron chi connectivity index (χ2n) is 6.84. The van der Waals surface area contributed by atoms with Gasteiger partial charge in [0.1, 0.15) is 5.82 Å². The summed E-state index contributed by atoms with van der Waals surface area (Å²) in [6.45, 7) is 3.84. The molecule has 1 atom stereocenters. The highest BCUT2D eigenvalue weighted by atomic mass is 32.2. The van der Waals surface area contributed by atoms with Gasteiger partial charge in [-0.15, -0.1) is 10.2 Å². The Labute approximate surface area is 178 Å². The van der Waals surface area contributed by atoms with E-state index in [2.05, 4.69) is 15.2 Å². The molecule has 0 radical (unpaired) electrons. The normalized spacial score (nSPS) is 12.0.